The number of aliphatic hydroxyl groups excluding tert-OH is 1. The Labute approximate surface area is 93.1 Å². The van der Waals surface area contributed by atoms with E-state index in [9.17, 15) is 10.2 Å². The second-order valence-electron chi connectivity index (χ2n) is 4.31. The maximum Gasteiger partial charge on any atom is 0.149 e. The van der Waals surface area contributed by atoms with Gasteiger partial charge in [0.25, 0.3) is 0 Å². The molecule has 0 saturated carbocycles. The first-order valence-corrected chi connectivity index (χ1v) is 5.06. The second kappa shape index (κ2) is 3.54. The Balaban J connectivity index is 2.31. The third-order valence-electron chi connectivity index (χ3n) is 2.93. The summed E-state index contributed by atoms with van der Waals surface area (Å²) >= 11 is 0. The molecule has 0 bridgehead atoms. The number of hydrogen-bond donors (Lipinski definition) is 4. The average Bonchev–Trinajstić information content (AvgIpc) is 2.69. The Morgan fingerprint density at radius 3 is 2.88 bits per heavy atom. The van der Waals surface area contributed by atoms with Crippen LogP contribution in [0, 0.1) is 0 Å². The lowest BCUT2D eigenvalue weighted by Crippen LogP contribution is -2.45. The highest BCUT2D eigenvalue weighted by atomic mass is 16.5. The topological polar surface area (TPSA) is 95.9 Å². The monoisotopic (exact) mass is 225 g/mol. The van der Waals surface area contributed by atoms with E-state index in [1.54, 1.807) is 6.07 Å². The Morgan fingerprint density at radius 2 is 2.25 bits per heavy atom. The van der Waals surface area contributed by atoms with Gasteiger partial charge in [-0.3, -0.25) is 0 Å². The number of phenols is 1. The maximum atomic E-state index is 9.88. The molecule has 5 nitrogen and oxygen atoms in total. The first-order valence-electron chi connectivity index (χ1n) is 5.06. The molecule has 2 atom stereocenters. The van der Waals surface area contributed by atoms with Gasteiger partial charge in [0.1, 0.15) is 28.9 Å². The number of phenolic OH excluding ortho intramolecular Hbond substituents is 1. The van der Waals surface area contributed by atoms with E-state index in [1.165, 1.54) is 13.0 Å². The highest BCUT2D eigenvalue weighted by Crippen LogP contribution is 2.41. The molecule has 5 heteroatoms. The van der Waals surface area contributed by atoms with Crippen LogP contribution in [0.2, 0.25) is 0 Å². The van der Waals surface area contributed by atoms with Gasteiger partial charge in [0.05, 0.1) is 6.61 Å². The molecule has 1 aromatic rings. The number of hydrogen-bond acceptors (Lipinski definition) is 5. The molecule has 0 amide bonds. The molecule has 1 heterocycles. The van der Waals surface area contributed by atoms with Crippen molar-refractivity contribution in [1.29, 1.82) is 0 Å². The molecule has 0 aliphatic carbocycles. The van der Waals surface area contributed by atoms with Crippen LogP contribution in [-0.4, -0.2) is 33.6 Å². The van der Waals surface area contributed by atoms with E-state index in [0.29, 0.717) is 12.2 Å². The average molecular weight is 225 g/mol. The molecule has 0 fully saturated rings. The van der Waals surface area contributed by atoms with Crippen LogP contribution >= 0.6 is 0 Å². The fourth-order valence-corrected chi connectivity index (χ4v) is 1.77. The Bertz CT molecular complexity index is 417. The molecule has 1 aromatic carbocycles. The van der Waals surface area contributed by atoms with Crippen molar-refractivity contribution >= 4 is 5.69 Å². The molecule has 1 aliphatic heterocycles. The third-order valence-corrected chi connectivity index (χ3v) is 2.93. The molecule has 0 saturated heterocycles. The van der Waals surface area contributed by atoms with Gasteiger partial charge in [-0.05, 0) is 13.0 Å². The van der Waals surface area contributed by atoms with Gasteiger partial charge in [0.2, 0.25) is 0 Å². The van der Waals surface area contributed by atoms with Crippen LogP contribution in [0.15, 0.2) is 12.1 Å². The number of anilines is 1. The number of aromatic hydroxyl groups is 1. The van der Waals surface area contributed by atoms with Crippen LogP contribution < -0.4 is 10.5 Å². The normalized spacial score (nSPS) is 22.3. The molecule has 5 N–H and O–H groups in total. The number of benzene rings is 1. The van der Waals surface area contributed by atoms with Crippen molar-refractivity contribution in [2.24, 2.45) is 0 Å². The lowest BCUT2D eigenvalue weighted by atomic mass is 9.96. The van der Waals surface area contributed by atoms with Gasteiger partial charge >= 0.3 is 0 Å². The summed E-state index contributed by atoms with van der Waals surface area (Å²) in [4.78, 5) is 0. The summed E-state index contributed by atoms with van der Waals surface area (Å²) in [6.07, 6.45) is -0.0792. The number of nitrogens with two attached hydrogens (primary N) is 1. The van der Waals surface area contributed by atoms with Crippen LogP contribution in [0.1, 0.15) is 12.5 Å². The van der Waals surface area contributed by atoms with Crippen LogP contribution in [-0.2, 0) is 6.42 Å². The molecule has 1 aliphatic rings. The Kier molecular flexibility index (Phi) is 2.44. The highest BCUT2D eigenvalue weighted by molar-refractivity contribution is 5.66. The fourth-order valence-electron chi connectivity index (χ4n) is 1.77. The highest BCUT2D eigenvalue weighted by Gasteiger charge is 2.39. The summed E-state index contributed by atoms with van der Waals surface area (Å²) in [5, 5.41) is 28.3. The quantitative estimate of drug-likeness (QED) is 0.420. The van der Waals surface area contributed by atoms with E-state index in [0.717, 1.165) is 5.56 Å². The minimum Gasteiger partial charge on any atom is -0.506 e. The predicted molar refractivity (Wildman–Crippen MR) is 58.3 cm³/mol. The van der Waals surface area contributed by atoms with E-state index < -0.39 is 18.3 Å². The zero-order chi connectivity index (χ0) is 11.9. The van der Waals surface area contributed by atoms with E-state index >= 15 is 0 Å². The smallest absolute Gasteiger partial charge is 0.149 e. The van der Waals surface area contributed by atoms with Gasteiger partial charge in [-0.25, -0.2) is 0 Å². The Hall–Kier alpha value is -1.46. The van der Waals surface area contributed by atoms with Crippen LogP contribution in [0.5, 0.6) is 11.5 Å². The predicted octanol–water partition coefficient (Wildman–Crippen LogP) is 0.0212. The zero-order valence-electron chi connectivity index (χ0n) is 8.97. The van der Waals surface area contributed by atoms with Gasteiger partial charge in [-0.2, -0.15) is 0 Å². The lowest BCUT2D eigenvalue weighted by Gasteiger charge is -2.27. The van der Waals surface area contributed by atoms with Crippen molar-refractivity contribution in [2.45, 2.75) is 25.0 Å². The van der Waals surface area contributed by atoms with Crippen molar-refractivity contribution in [1.82, 2.24) is 0 Å². The zero-order valence-corrected chi connectivity index (χ0v) is 8.97. The van der Waals surface area contributed by atoms with Gasteiger partial charge in [0.15, 0.2) is 0 Å². The Morgan fingerprint density at radius 1 is 1.56 bits per heavy atom. The van der Waals surface area contributed by atoms with E-state index in [-0.39, 0.29) is 11.4 Å². The van der Waals surface area contributed by atoms with Gasteiger partial charge < -0.3 is 25.8 Å². The van der Waals surface area contributed by atoms with Crippen molar-refractivity contribution < 1.29 is 20.1 Å². The van der Waals surface area contributed by atoms with Crippen molar-refractivity contribution in [3.05, 3.63) is 17.7 Å². The van der Waals surface area contributed by atoms with Crippen LogP contribution in [0.3, 0.4) is 0 Å². The van der Waals surface area contributed by atoms with Gasteiger partial charge in [-0.15, -0.1) is 0 Å². The summed E-state index contributed by atoms with van der Waals surface area (Å²) in [5.74, 6) is 0.363. The summed E-state index contributed by atoms with van der Waals surface area (Å²) in [6, 6.07) is 3.20. The van der Waals surface area contributed by atoms with E-state index in [1.807, 2.05) is 0 Å². The summed E-state index contributed by atoms with van der Waals surface area (Å²) < 4.78 is 5.48. The minimum atomic E-state index is -1.32. The SMILES string of the molecule is C[C@@](O)(CO)[C@H]1Cc2ccc(O)c(N)c2O1. The second-order valence-corrected chi connectivity index (χ2v) is 4.31. The molecular formula is C11H15NO4. The van der Waals surface area contributed by atoms with Gasteiger partial charge in [0, 0.05) is 12.0 Å². The molecule has 0 radical (unpaired) electrons. The first kappa shape index (κ1) is 11.0. The largest absolute Gasteiger partial charge is 0.506 e. The molecular weight excluding hydrogens is 210 g/mol. The summed E-state index contributed by atoms with van der Waals surface area (Å²) in [7, 11) is 0. The van der Waals surface area contributed by atoms with Crippen molar-refractivity contribution in [2.75, 3.05) is 12.3 Å². The number of ether oxygens (including phenoxy) is 1. The maximum absolute atomic E-state index is 9.88. The van der Waals surface area contributed by atoms with Crippen LogP contribution in [0.4, 0.5) is 5.69 Å². The fraction of sp³-hybridized carbons (Fsp3) is 0.455. The molecule has 0 spiro atoms. The van der Waals surface area contributed by atoms with Gasteiger partial charge in [-0.1, -0.05) is 6.07 Å². The van der Waals surface area contributed by atoms with Crippen molar-refractivity contribution in [3.8, 4) is 11.5 Å². The number of rotatable bonds is 2. The van der Waals surface area contributed by atoms with E-state index in [4.69, 9.17) is 15.6 Å². The van der Waals surface area contributed by atoms with Crippen LogP contribution in [0.25, 0.3) is 0 Å². The third kappa shape index (κ3) is 1.58. The lowest BCUT2D eigenvalue weighted by molar-refractivity contribution is -0.0728. The molecule has 16 heavy (non-hydrogen) atoms. The van der Waals surface area contributed by atoms with Crippen molar-refractivity contribution in [3.63, 3.8) is 0 Å². The summed E-state index contributed by atoms with van der Waals surface area (Å²) in [6.45, 7) is 1.11. The molecule has 2 rings (SSSR count). The first-order chi connectivity index (χ1) is 7.45. The molecule has 0 aromatic heterocycles. The van der Waals surface area contributed by atoms with E-state index in [2.05, 4.69) is 0 Å². The standard InChI is InChI=1S/C11H15NO4/c1-11(15,5-13)8-4-6-2-3-7(14)9(12)10(6)16-8/h2-3,8,13-15H,4-5,12H2,1H3/t8-,11-/m1/s1. The molecule has 88 valence electrons. The molecule has 0 unspecified atom stereocenters. The summed E-state index contributed by atoms with van der Waals surface area (Å²) in [5.41, 5.74) is 5.35. The number of aliphatic hydroxyl groups is 2. The minimum absolute atomic E-state index is 0.0389. The number of fused-ring (bicyclic) bond motifs is 1. The number of nitrogen functional groups attached to an aromatic ring is 1.